The molecule has 0 saturated carbocycles. The number of unbranched alkanes of at least 4 members (excludes halogenated alkanes) is 1. The van der Waals surface area contributed by atoms with Gasteiger partial charge in [0.1, 0.15) is 0 Å². The van der Waals surface area contributed by atoms with Gasteiger partial charge in [0.05, 0.1) is 0 Å². The second kappa shape index (κ2) is 9.71. The van der Waals surface area contributed by atoms with Crippen molar-refractivity contribution in [1.29, 1.82) is 5.41 Å². The first kappa shape index (κ1) is 12.6. The summed E-state index contributed by atoms with van der Waals surface area (Å²) in [4.78, 5) is 10.1. The molecule has 0 heterocycles. The van der Waals surface area contributed by atoms with Gasteiger partial charge in [-0.15, -0.1) is 0 Å². The largest absolute Gasteiger partial charge is 0.481 e. The topological polar surface area (TPSA) is 61.2 Å². The fourth-order valence-corrected chi connectivity index (χ4v) is 0.917. The number of hydrogen-bond acceptors (Lipinski definition) is 2. The third kappa shape index (κ3) is 10.6. The van der Waals surface area contributed by atoms with Gasteiger partial charge in [0.25, 0.3) is 0 Å². The Balaban J connectivity index is 3.26. The molecule has 0 fully saturated rings. The van der Waals surface area contributed by atoms with E-state index in [1.165, 1.54) is 6.21 Å². The van der Waals surface area contributed by atoms with E-state index in [0.29, 0.717) is 12.8 Å². The van der Waals surface area contributed by atoms with Crippen molar-refractivity contribution in [3.63, 3.8) is 0 Å². The Morgan fingerprint density at radius 3 is 2.21 bits per heavy atom. The van der Waals surface area contributed by atoms with Crippen molar-refractivity contribution >= 4 is 12.2 Å². The third-order valence-electron chi connectivity index (χ3n) is 1.61. The first-order valence-electron chi connectivity index (χ1n) is 4.78. The molecular weight excluding hydrogens is 178 g/mol. The third-order valence-corrected chi connectivity index (χ3v) is 1.61. The van der Waals surface area contributed by atoms with E-state index < -0.39 is 5.97 Å². The zero-order valence-corrected chi connectivity index (χ0v) is 8.28. The van der Waals surface area contributed by atoms with E-state index in [2.05, 4.69) is 0 Å². The van der Waals surface area contributed by atoms with E-state index in [1.54, 1.807) is 0 Å². The number of hydrogen-bond donors (Lipinski definition) is 2. The maximum atomic E-state index is 10.1. The van der Waals surface area contributed by atoms with Gasteiger partial charge >= 0.3 is 5.97 Å². The highest BCUT2D eigenvalue weighted by Crippen LogP contribution is 1.97. The number of carboxylic acid groups (broad SMARTS) is 1. The maximum absolute atomic E-state index is 10.1. The molecule has 0 aliphatic rings. The van der Waals surface area contributed by atoms with Crippen molar-refractivity contribution in [2.45, 2.75) is 32.1 Å². The van der Waals surface area contributed by atoms with Crippen LogP contribution in [0.4, 0.5) is 0 Å². The van der Waals surface area contributed by atoms with Gasteiger partial charge < -0.3 is 10.5 Å². The van der Waals surface area contributed by atoms with Gasteiger partial charge in [-0.2, -0.15) is 0 Å². The summed E-state index contributed by atoms with van der Waals surface area (Å²) in [5.74, 6) is -0.750. The van der Waals surface area contributed by atoms with Crippen LogP contribution in [0, 0.1) is 5.41 Å². The Morgan fingerprint density at radius 1 is 1.07 bits per heavy atom. The SMILES string of the molecule is N=CCC=CCCC=CCCC(=O)O. The standard InChI is InChI=1S/C11H17NO2/c12-10-8-6-4-2-1-3-5-7-9-11(13)14/h3-6,10,12H,1-2,7-9H2,(H,13,14). The quantitative estimate of drug-likeness (QED) is 0.355. The van der Waals surface area contributed by atoms with E-state index >= 15 is 0 Å². The van der Waals surface area contributed by atoms with E-state index in [9.17, 15) is 4.79 Å². The number of rotatable bonds is 8. The fourth-order valence-electron chi connectivity index (χ4n) is 0.917. The van der Waals surface area contributed by atoms with Crippen LogP contribution < -0.4 is 0 Å². The summed E-state index contributed by atoms with van der Waals surface area (Å²) in [6, 6.07) is 0. The molecule has 2 N–H and O–H groups in total. The molecule has 0 atom stereocenters. The van der Waals surface area contributed by atoms with Gasteiger partial charge in [-0.1, -0.05) is 24.3 Å². The van der Waals surface area contributed by atoms with Gasteiger partial charge in [0.15, 0.2) is 0 Å². The van der Waals surface area contributed by atoms with Crippen LogP contribution in [0.25, 0.3) is 0 Å². The fraction of sp³-hybridized carbons (Fsp3) is 0.455. The molecular formula is C11H17NO2. The summed E-state index contributed by atoms with van der Waals surface area (Å²) >= 11 is 0. The smallest absolute Gasteiger partial charge is 0.303 e. The number of carbonyl (C=O) groups is 1. The van der Waals surface area contributed by atoms with Crippen LogP contribution in [0.3, 0.4) is 0 Å². The van der Waals surface area contributed by atoms with Crippen LogP contribution in [0.15, 0.2) is 24.3 Å². The lowest BCUT2D eigenvalue weighted by molar-refractivity contribution is -0.136. The zero-order valence-electron chi connectivity index (χ0n) is 8.28. The van der Waals surface area contributed by atoms with Crippen molar-refractivity contribution < 1.29 is 9.90 Å². The van der Waals surface area contributed by atoms with Crippen LogP contribution in [0.5, 0.6) is 0 Å². The molecule has 14 heavy (non-hydrogen) atoms. The summed E-state index contributed by atoms with van der Waals surface area (Å²) in [7, 11) is 0. The average molecular weight is 195 g/mol. The molecule has 0 saturated heterocycles. The van der Waals surface area contributed by atoms with Gasteiger partial charge in [-0.25, -0.2) is 0 Å². The molecule has 3 nitrogen and oxygen atoms in total. The van der Waals surface area contributed by atoms with E-state index in [4.69, 9.17) is 10.5 Å². The molecule has 0 unspecified atom stereocenters. The highest BCUT2D eigenvalue weighted by Gasteiger charge is 1.90. The van der Waals surface area contributed by atoms with Gasteiger partial charge in [-0.05, 0) is 31.9 Å². The molecule has 0 aliphatic heterocycles. The number of allylic oxidation sites excluding steroid dienone is 4. The number of carboxylic acids is 1. The summed E-state index contributed by atoms with van der Waals surface area (Å²) in [6.45, 7) is 0. The monoisotopic (exact) mass is 195 g/mol. The summed E-state index contributed by atoms with van der Waals surface area (Å²) < 4.78 is 0. The Morgan fingerprint density at radius 2 is 1.64 bits per heavy atom. The van der Waals surface area contributed by atoms with Crippen LogP contribution in [0.2, 0.25) is 0 Å². The predicted octanol–water partition coefficient (Wildman–Crippen LogP) is 2.78. The molecule has 0 amide bonds. The molecule has 78 valence electrons. The van der Waals surface area contributed by atoms with Crippen LogP contribution in [-0.2, 0) is 4.79 Å². The van der Waals surface area contributed by atoms with Crippen molar-refractivity contribution in [1.82, 2.24) is 0 Å². The average Bonchev–Trinajstić information content (AvgIpc) is 2.15. The van der Waals surface area contributed by atoms with Gasteiger partial charge in [-0.3, -0.25) is 4.79 Å². The molecule has 0 aliphatic carbocycles. The summed E-state index contributed by atoms with van der Waals surface area (Å²) in [5.41, 5.74) is 0. The van der Waals surface area contributed by atoms with E-state index in [1.807, 2.05) is 24.3 Å². The van der Waals surface area contributed by atoms with Crippen molar-refractivity contribution in [3.05, 3.63) is 24.3 Å². The Kier molecular flexibility index (Phi) is 8.75. The molecule has 3 heteroatoms. The van der Waals surface area contributed by atoms with Crippen LogP contribution in [-0.4, -0.2) is 17.3 Å². The van der Waals surface area contributed by atoms with Crippen LogP contribution in [0.1, 0.15) is 32.1 Å². The molecule has 0 aromatic carbocycles. The van der Waals surface area contributed by atoms with E-state index in [-0.39, 0.29) is 6.42 Å². The molecule has 0 radical (unpaired) electrons. The number of nitrogens with one attached hydrogen (secondary N) is 1. The molecule has 0 bridgehead atoms. The second-order valence-corrected chi connectivity index (χ2v) is 2.89. The Labute approximate surface area is 84.7 Å². The first-order chi connectivity index (χ1) is 6.77. The second-order valence-electron chi connectivity index (χ2n) is 2.89. The summed E-state index contributed by atoms with van der Waals surface area (Å²) in [5, 5.41) is 15.1. The van der Waals surface area contributed by atoms with Gasteiger partial charge in [0, 0.05) is 6.42 Å². The lowest BCUT2D eigenvalue weighted by Crippen LogP contribution is -1.91. The van der Waals surface area contributed by atoms with Gasteiger partial charge in [0.2, 0.25) is 0 Å². The highest BCUT2D eigenvalue weighted by atomic mass is 16.4. The minimum atomic E-state index is -0.750. The lowest BCUT2D eigenvalue weighted by Gasteiger charge is -1.88. The highest BCUT2D eigenvalue weighted by molar-refractivity contribution is 5.66. The summed E-state index contributed by atoms with van der Waals surface area (Å²) in [6.07, 6.45) is 12.7. The normalized spacial score (nSPS) is 11.1. The molecule has 0 spiro atoms. The maximum Gasteiger partial charge on any atom is 0.303 e. The minimum absolute atomic E-state index is 0.208. The Hall–Kier alpha value is -1.38. The van der Waals surface area contributed by atoms with Crippen molar-refractivity contribution in [2.24, 2.45) is 0 Å². The van der Waals surface area contributed by atoms with Crippen molar-refractivity contribution in [3.8, 4) is 0 Å². The van der Waals surface area contributed by atoms with E-state index in [0.717, 1.165) is 12.8 Å². The Bertz CT molecular complexity index is 219. The number of aliphatic carboxylic acids is 1. The zero-order chi connectivity index (χ0) is 10.6. The molecule has 0 rings (SSSR count). The van der Waals surface area contributed by atoms with Crippen molar-refractivity contribution in [2.75, 3.05) is 0 Å². The van der Waals surface area contributed by atoms with Crippen LogP contribution >= 0.6 is 0 Å². The first-order valence-corrected chi connectivity index (χ1v) is 4.78. The minimum Gasteiger partial charge on any atom is -0.481 e. The molecule has 0 aromatic rings. The predicted molar refractivity (Wildman–Crippen MR) is 57.8 cm³/mol. The lowest BCUT2D eigenvalue weighted by atomic mass is 10.2. The molecule has 0 aromatic heterocycles.